The molecular formula is C30H33F3N6O2. The Kier molecular flexibility index (Phi) is 7.79. The van der Waals surface area contributed by atoms with E-state index in [0.717, 1.165) is 55.6 Å². The average molecular weight is 567 g/mol. The van der Waals surface area contributed by atoms with Gasteiger partial charge in [-0.3, -0.25) is 9.78 Å². The minimum absolute atomic E-state index is 0.0987. The van der Waals surface area contributed by atoms with Crippen molar-refractivity contribution in [3.05, 3.63) is 66.5 Å². The quantitative estimate of drug-likeness (QED) is 0.439. The monoisotopic (exact) mass is 566 g/mol. The molecule has 0 saturated carbocycles. The first-order chi connectivity index (χ1) is 19.8. The van der Waals surface area contributed by atoms with Gasteiger partial charge < -0.3 is 19.5 Å². The Morgan fingerprint density at radius 3 is 2.51 bits per heavy atom. The van der Waals surface area contributed by atoms with E-state index in [1.807, 2.05) is 21.9 Å². The summed E-state index contributed by atoms with van der Waals surface area (Å²) in [6.07, 6.45) is 9.07. The number of likely N-dealkylation sites (tertiary alicyclic amines) is 1. The van der Waals surface area contributed by atoms with Crippen LogP contribution >= 0.6 is 0 Å². The third-order valence-corrected chi connectivity index (χ3v) is 8.40. The lowest BCUT2D eigenvalue weighted by molar-refractivity contribution is -0.137. The molecule has 2 atom stereocenters. The Hall–Kier alpha value is -3.73. The van der Waals surface area contributed by atoms with Crippen molar-refractivity contribution < 1.29 is 22.4 Å². The number of nitrogens with zero attached hydrogens (tertiary/aromatic N) is 5. The molecular weight excluding hydrogens is 533 g/mol. The van der Waals surface area contributed by atoms with Crippen molar-refractivity contribution in [1.29, 1.82) is 0 Å². The van der Waals surface area contributed by atoms with Gasteiger partial charge in [0.25, 0.3) is 0 Å². The van der Waals surface area contributed by atoms with Crippen molar-refractivity contribution in [1.82, 2.24) is 25.2 Å². The van der Waals surface area contributed by atoms with E-state index in [4.69, 9.17) is 4.42 Å². The van der Waals surface area contributed by atoms with Crippen LogP contribution in [0, 0.1) is 5.92 Å². The number of alkyl halides is 3. The Labute approximate surface area is 236 Å². The minimum Gasteiger partial charge on any atom is -0.444 e. The van der Waals surface area contributed by atoms with Crippen LogP contribution in [0.25, 0.3) is 17.0 Å². The molecule has 1 N–H and O–H groups in total. The van der Waals surface area contributed by atoms with Gasteiger partial charge in [0.2, 0.25) is 11.8 Å². The van der Waals surface area contributed by atoms with Crippen LogP contribution in [-0.4, -0.2) is 64.0 Å². The van der Waals surface area contributed by atoms with Crippen molar-refractivity contribution in [3.63, 3.8) is 0 Å². The summed E-state index contributed by atoms with van der Waals surface area (Å²) in [6, 6.07) is 6.71. The Morgan fingerprint density at radius 2 is 1.83 bits per heavy atom. The molecule has 2 saturated heterocycles. The van der Waals surface area contributed by atoms with Crippen LogP contribution in [0.15, 0.2) is 59.6 Å². The van der Waals surface area contributed by atoms with E-state index in [1.54, 1.807) is 18.7 Å². The number of piperidine rings is 1. The number of nitrogens with one attached hydrogen (secondary N) is 1. The van der Waals surface area contributed by atoms with Crippen molar-refractivity contribution in [2.45, 2.75) is 56.8 Å². The largest absolute Gasteiger partial charge is 0.444 e. The number of hydrogen-bond acceptors (Lipinski definition) is 7. The van der Waals surface area contributed by atoms with Gasteiger partial charge in [-0.25, -0.2) is 9.97 Å². The number of carbonyl (C=O) groups excluding carboxylic acids is 1. The number of oxazole rings is 1. The molecule has 0 radical (unpaired) electrons. The number of aromatic nitrogens is 3. The molecule has 5 heterocycles. The lowest BCUT2D eigenvalue weighted by atomic mass is 9.92. The van der Waals surface area contributed by atoms with Crippen LogP contribution in [0.4, 0.5) is 19.0 Å². The highest BCUT2D eigenvalue weighted by atomic mass is 19.4. The highest BCUT2D eigenvalue weighted by Gasteiger charge is 2.35. The van der Waals surface area contributed by atoms with Gasteiger partial charge in [0.15, 0.2) is 0 Å². The molecule has 6 rings (SSSR count). The summed E-state index contributed by atoms with van der Waals surface area (Å²) in [4.78, 5) is 30.0. The van der Waals surface area contributed by atoms with Gasteiger partial charge in [-0.2, -0.15) is 13.2 Å². The predicted octanol–water partition coefficient (Wildman–Crippen LogP) is 5.19. The topological polar surface area (TPSA) is 87.4 Å². The predicted molar refractivity (Wildman–Crippen MR) is 148 cm³/mol. The maximum absolute atomic E-state index is 13.3. The van der Waals surface area contributed by atoms with Gasteiger partial charge in [0.05, 0.1) is 23.0 Å². The van der Waals surface area contributed by atoms with E-state index >= 15 is 0 Å². The number of halogens is 3. The molecule has 1 amide bonds. The fourth-order valence-corrected chi connectivity index (χ4v) is 6.11. The number of anilines is 1. The SMILES string of the molecule is O=C(C1CCN(c2cc(C(F)(F)F)ccn2)CC1)N1CC[C@H](NC2CC=C(c3ccc(-c4ncco4)cn3)CC2)C1. The second kappa shape index (κ2) is 11.6. The lowest BCUT2D eigenvalue weighted by Gasteiger charge is -2.34. The molecule has 3 aliphatic rings. The Morgan fingerprint density at radius 1 is 0.976 bits per heavy atom. The zero-order valence-electron chi connectivity index (χ0n) is 22.7. The molecule has 2 aliphatic heterocycles. The summed E-state index contributed by atoms with van der Waals surface area (Å²) in [6.45, 7) is 2.48. The summed E-state index contributed by atoms with van der Waals surface area (Å²) in [5, 5.41) is 3.76. The highest BCUT2D eigenvalue weighted by Crippen LogP contribution is 2.32. The number of allylic oxidation sites excluding steroid dienone is 1. The van der Waals surface area contributed by atoms with Crippen LogP contribution in [0.3, 0.4) is 0 Å². The molecule has 3 aromatic rings. The maximum atomic E-state index is 13.3. The van der Waals surface area contributed by atoms with E-state index < -0.39 is 11.7 Å². The van der Waals surface area contributed by atoms with Crippen LogP contribution in [0.5, 0.6) is 0 Å². The fourth-order valence-electron chi connectivity index (χ4n) is 6.11. The average Bonchev–Trinajstić information content (AvgIpc) is 3.70. The van der Waals surface area contributed by atoms with E-state index in [0.29, 0.717) is 50.2 Å². The number of rotatable bonds is 6. The van der Waals surface area contributed by atoms with Crippen LogP contribution in [0.2, 0.25) is 0 Å². The van der Waals surface area contributed by atoms with Crippen LogP contribution < -0.4 is 10.2 Å². The second-order valence-corrected chi connectivity index (χ2v) is 11.1. The van der Waals surface area contributed by atoms with Crippen molar-refractivity contribution in [3.8, 4) is 11.5 Å². The third kappa shape index (κ3) is 6.29. The fraction of sp³-hybridized carbons (Fsp3) is 0.467. The van der Waals surface area contributed by atoms with E-state index in [2.05, 4.69) is 26.3 Å². The number of pyridine rings is 2. The van der Waals surface area contributed by atoms with Gasteiger partial charge in [0, 0.05) is 56.6 Å². The highest BCUT2D eigenvalue weighted by molar-refractivity contribution is 5.79. The molecule has 0 bridgehead atoms. The molecule has 216 valence electrons. The first kappa shape index (κ1) is 27.4. The standard InChI is InChI=1S/C30H33F3N6O2/c31-30(32,33)23-7-11-34-27(17-23)38-13-8-21(9-14-38)29(40)39-15-10-25(19-39)37-24-4-1-20(2-5-24)26-6-3-22(18-36-26)28-35-12-16-41-28/h1,3,6-7,11-12,16-18,21,24-25,37H,2,4-5,8-10,13-15,19H2/t24?,25-/m0/s1. The maximum Gasteiger partial charge on any atom is 0.416 e. The summed E-state index contributed by atoms with van der Waals surface area (Å²) in [7, 11) is 0. The van der Waals surface area contributed by atoms with Crippen LogP contribution in [0.1, 0.15) is 49.8 Å². The summed E-state index contributed by atoms with van der Waals surface area (Å²) in [5.41, 5.74) is 2.38. The van der Waals surface area contributed by atoms with Crippen molar-refractivity contribution in [2.24, 2.45) is 5.92 Å². The molecule has 41 heavy (non-hydrogen) atoms. The Balaban J connectivity index is 0.960. The van der Waals surface area contributed by atoms with Crippen LogP contribution in [-0.2, 0) is 11.0 Å². The molecule has 0 spiro atoms. The Bertz CT molecular complexity index is 1370. The van der Waals surface area contributed by atoms with Crippen molar-refractivity contribution in [2.75, 3.05) is 31.1 Å². The zero-order chi connectivity index (χ0) is 28.4. The van der Waals surface area contributed by atoms with Gasteiger partial charge in [-0.05, 0) is 68.4 Å². The number of hydrogen-bond donors (Lipinski definition) is 1. The summed E-state index contributed by atoms with van der Waals surface area (Å²) < 4.78 is 44.6. The molecule has 2 fully saturated rings. The first-order valence-electron chi connectivity index (χ1n) is 14.2. The number of carbonyl (C=O) groups is 1. The smallest absolute Gasteiger partial charge is 0.416 e. The van der Waals surface area contributed by atoms with E-state index in [9.17, 15) is 18.0 Å². The molecule has 1 aliphatic carbocycles. The summed E-state index contributed by atoms with van der Waals surface area (Å²) in [5.74, 6) is 0.947. The lowest BCUT2D eigenvalue weighted by Crippen LogP contribution is -2.44. The summed E-state index contributed by atoms with van der Waals surface area (Å²) >= 11 is 0. The van der Waals surface area contributed by atoms with E-state index in [-0.39, 0.29) is 17.9 Å². The first-order valence-corrected chi connectivity index (χ1v) is 14.2. The minimum atomic E-state index is -4.40. The van der Waals surface area contributed by atoms with Gasteiger partial charge in [0.1, 0.15) is 12.1 Å². The van der Waals surface area contributed by atoms with Crippen molar-refractivity contribution >= 4 is 17.3 Å². The molecule has 3 aromatic heterocycles. The third-order valence-electron chi connectivity index (χ3n) is 8.40. The number of amides is 1. The molecule has 11 heteroatoms. The molecule has 1 unspecified atom stereocenters. The van der Waals surface area contributed by atoms with Gasteiger partial charge >= 0.3 is 6.18 Å². The van der Waals surface area contributed by atoms with Gasteiger partial charge in [-0.15, -0.1) is 0 Å². The zero-order valence-corrected chi connectivity index (χ0v) is 22.7. The second-order valence-electron chi connectivity index (χ2n) is 11.1. The molecule has 8 nitrogen and oxygen atoms in total. The van der Waals surface area contributed by atoms with Gasteiger partial charge in [-0.1, -0.05) is 6.08 Å². The normalized spacial score (nSPS) is 22.2. The molecule has 0 aromatic carbocycles. The van der Waals surface area contributed by atoms with E-state index in [1.165, 1.54) is 11.8 Å².